The van der Waals surface area contributed by atoms with E-state index in [2.05, 4.69) is 15.3 Å². The van der Waals surface area contributed by atoms with E-state index in [1.165, 1.54) is 0 Å². The maximum absolute atomic E-state index is 12.3. The predicted molar refractivity (Wildman–Crippen MR) is 79.1 cm³/mol. The molecule has 2 rings (SSSR count). The lowest BCUT2D eigenvalue weighted by molar-refractivity contribution is 0.102. The third-order valence-electron chi connectivity index (χ3n) is 2.94. The highest BCUT2D eigenvalue weighted by molar-refractivity contribution is 6.07. The molecule has 0 aliphatic carbocycles. The van der Waals surface area contributed by atoms with Crippen molar-refractivity contribution in [2.75, 3.05) is 5.32 Å². The maximum atomic E-state index is 12.3. The van der Waals surface area contributed by atoms with Crippen LogP contribution in [0.4, 0.5) is 11.4 Å². The number of nitrogens with one attached hydrogen (secondary N) is 1. The van der Waals surface area contributed by atoms with Crippen molar-refractivity contribution in [2.24, 2.45) is 5.11 Å². The number of benzene rings is 2. The van der Waals surface area contributed by atoms with Gasteiger partial charge in [-0.15, -0.1) is 0 Å². The molecule has 2 aromatic rings. The van der Waals surface area contributed by atoms with Gasteiger partial charge in [-0.3, -0.25) is 4.79 Å². The number of rotatable bonds is 3. The zero-order valence-electron chi connectivity index (χ0n) is 11.3. The summed E-state index contributed by atoms with van der Waals surface area (Å²) >= 11 is 0. The van der Waals surface area contributed by atoms with Gasteiger partial charge in [-0.25, -0.2) is 0 Å². The number of hydrogen-bond acceptors (Lipinski definition) is 2. The molecule has 0 saturated heterocycles. The second-order valence-electron chi connectivity index (χ2n) is 4.48. The standard InChI is InChI=1S/C15H14N4O/c1-10-7-8-11(2)14(9-10)17-15(20)12-5-3-4-6-13(12)18-19-16/h3-9H,1-2H3,(H,17,20). The van der Waals surface area contributed by atoms with Gasteiger partial charge in [0.15, 0.2) is 0 Å². The van der Waals surface area contributed by atoms with Crippen LogP contribution in [0, 0.1) is 13.8 Å². The van der Waals surface area contributed by atoms with E-state index in [9.17, 15) is 4.79 Å². The number of hydrogen-bond donors (Lipinski definition) is 1. The minimum atomic E-state index is -0.290. The van der Waals surface area contributed by atoms with E-state index in [1.807, 2.05) is 32.0 Å². The van der Waals surface area contributed by atoms with Crippen LogP contribution >= 0.6 is 0 Å². The molecule has 0 aliphatic rings. The van der Waals surface area contributed by atoms with E-state index >= 15 is 0 Å². The summed E-state index contributed by atoms with van der Waals surface area (Å²) < 4.78 is 0. The van der Waals surface area contributed by atoms with Crippen LogP contribution in [-0.2, 0) is 0 Å². The smallest absolute Gasteiger partial charge is 0.256 e. The first kappa shape index (κ1) is 13.6. The Labute approximate surface area is 116 Å². The highest BCUT2D eigenvalue weighted by Crippen LogP contribution is 2.22. The molecule has 5 nitrogen and oxygen atoms in total. The molecule has 0 spiro atoms. The number of anilines is 1. The Morgan fingerprint density at radius 3 is 2.70 bits per heavy atom. The molecule has 0 atom stereocenters. The van der Waals surface area contributed by atoms with E-state index in [4.69, 9.17) is 5.53 Å². The van der Waals surface area contributed by atoms with Crippen molar-refractivity contribution >= 4 is 17.3 Å². The predicted octanol–water partition coefficient (Wildman–Crippen LogP) is 4.50. The lowest BCUT2D eigenvalue weighted by Crippen LogP contribution is -2.13. The first-order valence-electron chi connectivity index (χ1n) is 6.14. The molecule has 2 aromatic carbocycles. The number of azide groups is 1. The number of nitrogens with zero attached hydrogens (tertiary/aromatic N) is 3. The second-order valence-corrected chi connectivity index (χ2v) is 4.48. The van der Waals surface area contributed by atoms with Gasteiger partial charge in [0, 0.05) is 16.2 Å². The van der Waals surface area contributed by atoms with Crippen molar-refractivity contribution in [3.05, 3.63) is 69.6 Å². The zero-order valence-corrected chi connectivity index (χ0v) is 11.3. The van der Waals surface area contributed by atoms with Gasteiger partial charge in [0.25, 0.3) is 5.91 Å². The lowest BCUT2D eigenvalue weighted by atomic mass is 10.1. The van der Waals surface area contributed by atoms with E-state index in [0.717, 1.165) is 16.8 Å². The van der Waals surface area contributed by atoms with Crippen molar-refractivity contribution in [3.8, 4) is 0 Å². The molecule has 20 heavy (non-hydrogen) atoms. The van der Waals surface area contributed by atoms with Crippen LogP contribution < -0.4 is 5.32 Å². The number of carbonyl (C=O) groups excluding carboxylic acids is 1. The topological polar surface area (TPSA) is 77.9 Å². The fourth-order valence-corrected chi connectivity index (χ4v) is 1.86. The maximum Gasteiger partial charge on any atom is 0.256 e. The van der Waals surface area contributed by atoms with Crippen LogP contribution in [-0.4, -0.2) is 5.91 Å². The van der Waals surface area contributed by atoms with Crippen molar-refractivity contribution in [1.29, 1.82) is 0 Å². The highest BCUT2D eigenvalue weighted by Gasteiger charge is 2.11. The number of aryl methyl sites for hydroxylation is 2. The lowest BCUT2D eigenvalue weighted by Gasteiger charge is -2.10. The molecule has 1 N–H and O–H groups in total. The fraction of sp³-hybridized carbons (Fsp3) is 0.133. The molecular formula is C15H14N4O. The van der Waals surface area contributed by atoms with Crippen LogP contribution in [0.25, 0.3) is 10.4 Å². The minimum Gasteiger partial charge on any atom is -0.322 e. The van der Waals surface area contributed by atoms with Crippen LogP contribution in [0.2, 0.25) is 0 Å². The van der Waals surface area contributed by atoms with Gasteiger partial charge in [-0.2, -0.15) is 0 Å². The molecule has 0 saturated carbocycles. The minimum absolute atomic E-state index is 0.290. The molecule has 0 aliphatic heterocycles. The summed E-state index contributed by atoms with van der Waals surface area (Å²) in [7, 11) is 0. The Bertz CT molecular complexity index is 703. The van der Waals surface area contributed by atoms with E-state index in [-0.39, 0.29) is 5.91 Å². The summed E-state index contributed by atoms with van der Waals surface area (Å²) in [6.07, 6.45) is 0. The Balaban J connectivity index is 2.33. The van der Waals surface area contributed by atoms with Crippen LogP contribution in [0.15, 0.2) is 47.6 Å². The van der Waals surface area contributed by atoms with Crippen LogP contribution in [0.3, 0.4) is 0 Å². The van der Waals surface area contributed by atoms with Crippen molar-refractivity contribution in [3.63, 3.8) is 0 Å². The third-order valence-corrected chi connectivity index (χ3v) is 2.94. The molecule has 0 aromatic heterocycles. The SMILES string of the molecule is Cc1ccc(C)c(NC(=O)c2ccccc2N=[N+]=[N-])c1. The van der Waals surface area contributed by atoms with Crippen molar-refractivity contribution in [1.82, 2.24) is 0 Å². The quantitative estimate of drug-likeness (QED) is 0.495. The van der Waals surface area contributed by atoms with Gasteiger partial charge in [0.1, 0.15) is 0 Å². The van der Waals surface area contributed by atoms with Gasteiger partial charge < -0.3 is 5.32 Å². The Morgan fingerprint density at radius 1 is 1.20 bits per heavy atom. The summed E-state index contributed by atoms with van der Waals surface area (Å²) in [6.45, 7) is 3.89. The summed E-state index contributed by atoms with van der Waals surface area (Å²) in [5, 5.41) is 6.37. The number of amides is 1. The summed E-state index contributed by atoms with van der Waals surface area (Å²) in [4.78, 5) is 15.0. The molecule has 0 unspecified atom stereocenters. The first-order valence-corrected chi connectivity index (χ1v) is 6.14. The average Bonchev–Trinajstić information content (AvgIpc) is 2.44. The van der Waals surface area contributed by atoms with Gasteiger partial charge >= 0.3 is 0 Å². The fourth-order valence-electron chi connectivity index (χ4n) is 1.86. The van der Waals surface area contributed by atoms with E-state index in [0.29, 0.717) is 11.3 Å². The van der Waals surface area contributed by atoms with Gasteiger partial charge in [0.05, 0.1) is 5.69 Å². The van der Waals surface area contributed by atoms with Crippen molar-refractivity contribution in [2.45, 2.75) is 13.8 Å². The van der Waals surface area contributed by atoms with E-state index in [1.54, 1.807) is 24.3 Å². The molecule has 1 amide bonds. The number of carbonyl (C=O) groups is 1. The Hall–Kier alpha value is -2.78. The van der Waals surface area contributed by atoms with Crippen molar-refractivity contribution < 1.29 is 4.79 Å². The molecule has 0 radical (unpaired) electrons. The van der Waals surface area contributed by atoms with Gasteiger partial charge in [-0.1, -0.05) is 35.4 Å². The summed E-state index contributed by atoms with van der Waals surface area (Å²) in [6, 6.07) is 12.5. The first-order chi connectivity index (χ1) is 9.61. The van der Waals surface area contributed by atoms with Gasteiger partial charge in [-0.05, 0) is 42.6 Å². The monoisotopic (exact) mass is 266 g/mol. The third kappa shape index (κ3) is 2.96. The Kier molecular flexibility index (Phi) is 4.03. The van der Waals surface area contributed by atoms with Crippen LogP contribution in [0.1, 0.15) is 21.5 Å². The molecule has 0 heterocycles. The largest absolute Gasteiger partial charge is 0.322 e. The van der Waals surface area contributed by atoms with E-state index < -0.39 is 0 Å². The molecular weight excluding hydrogens is 252 g/mol. The molecule has 0 bridgehead atoms. The van der Waals surface area contributed by atoms with Gasteiger partial charge in [0.2, 0.25) is 0 Å². The Morgan fingerprint density at radius 2 is 1.95 bits per heavy atom. The zero-order chi connectivity index (χ0) is 14.5. The summed E-state index contributed by atoms with van der Waals surface area (Å²) in [5.41, 5.74) is 12.0. The highest BCUT2D eigenvalue weighted by atomic mass is 16.1. The normalized spacial score (nSPS) is 9.70. The van der Waals surface area contributed by atoms with Crippen LogP contribution in [0.5, 0.6) is 0 Å². The second kappa shape index (κ2) is 5.91. The molecule has 5 heteroatoms. The average molecular weight is 266 g/mol. The molecule has 100 valence electrons. The molecule has 0 fully saturated rings. The summed E-state index contributed by atoms with van der Waals surface area (Å²) in [5.74, 6) is -0.290.